The zero-order chi connectivity index (χ0) is 25.5. The topological polar surface area (TPSA) is 126 Å². The summed E-state index contributed by atoms with van der Waals surface area (Å²) in [5, 5.41) is 4.25. The van der Waals surface area contributed by atoms with Gasteiger partial charge in [-0.25, -0.2) is 9.97 Å². The van der Waals surface area contributed by atoms with Gasteiger partial charge in [-0.15, -0.1) is 0 Å². The van der Waals surface area contributed by atoms with Crippen molar-refractivity contribution >= 4 is 22.7 Å². The molecule has 0 spiro atoms. The molecule has 3 heterocycles. The molecule has 1 aliphatic heterocycles. The van der Waals surface area contributed by atoms with Crippen LogP contribution in [-0.4, -0.2) is 58.9 Å². The average molecular weight is 493 g/mol. The Labute approximate surface area is 211 Å². The summed E-state index contributed by atoms with van der Waals surface area (Å²) in [5.74, 6) is 0.968. The summed E-state index contributed by atoms with van der Waals surface area (Å²) >= 11 is 0. The smallest absolute Gasteiger partial charge is 0.224 e. The number of primary amides is 1. The van der Waals surface area contributed by atoms with Gasteiger partial charge in [0.1, 0.15) is 5.82 Å². The lowest BCUT2D eigenvalue weighted by Crippen LogP contribution is -2.42. The molecule has 2 amide bonds. The van der Waals surface area contributed by atoms with Gasteiger partial charge < -0.3 is 25.7 Å². The second kappa shape index (κ2) is 12.0. The Morgan fingerprint density at radius 1 is 1.28 bits per heavy atom. The molecule has 192 valence electrons. The van der Waals surface area contributed by atoms with E-state index in [1.165, 1.54) is 0 Å². The predicted molar refractivity (Wildman–Crippen MR) is 139 cm³/mol. The number of methoxy groups -OCH3 is 1. The number of imidazole rings is 1. The van der Waals surface area contributed by atoms with Gasteiger partial charge in [-0.05, 0) is 51.4 Å². The molecule has 2 aromatic heterocycles. The fourth-order valence-electron chi connectivity index (χ4n) is 4.87. The number of likely N-dealkylation sites (tertiary alicyclic amines) is 1. The molecule has 0 radical (unpaired) electrons. The number of benzene rings is 1. The van der Waals surface area contributed by atoms with Crippen LogP contribution in [-0.2, 0) is 9.59 Å². The summed E-state index contributed by atoms with van der Waals surface area (Å²) in [6, 6.07) is 9.67. The van der Waals surface area contributed by atoms with E-state index in [4.69, 9.17) is 10.5 Å². The van der Waals surface area contributed by atoms with Gasteiger partial charge >= 0.3 is 0 Å². The number of nitrogens with one attached hydrogen (secondary N) is 2. The highest BCUT2D eigenvalue weighted by Gasteiger charge is 2.27. The third-order valence-corrected chi connectivity index (χ3v) is 6.83. The molecule has 0 saturated carbocycles. The van der Waals surface area contributed by atoms with E-state index in [-0.39, 0.29) is 23.8 Å². The fourth-order valence-corrected chi connectivity index (χ4v) is 4.87. The Bertz CT molecular complexity index is 1190. The van der Waals surface area contributed by atoms with Crippen molar-refractivity contribution in [1.82, 2.24) is 25.2 Å². The third-order valence-electron chi connectivity index (χ3n) is 6.83. The fraction of sp³-hybridized carbons (Fsp3) is 0.481. The van der Waals surface area contributed by atoms with Crippen molar-refractivity contribution in [3.63, 3.8) is 0 Å². The molecular weight excluding hydrogens is 456 g/mol. The van der Waals surface area contributed by atoms with Gasteiger partial charge in [0.25, 0.3) is 0 Å². The first-order chi connectivity index (χ1) is 17.4. The number of ether oxygens (including phenoxy) is 1. The number of fused-ring (bicyclic) bond motifs is 1. The van der Waals surface area contributed by atoms with Crippen LogP contribution >= 0.6 is 0 Å². The standard InChI is InChI=1S/C27H36N6O3/c1-33-14-8-10-19(17-33)26(35)31-22(12-4-3-5-13-24(28)34)25-29-16-23(30-25)20-15-18-9-6-7-11-21(18)32-27(20)36-2/h6-7,9,11,15-16,19,22H,3-5,8,10,12-14,17H2,1-2H3,(H2,28,34)(H,29,30)(H,31,35)/t19?,22-/m0/s1. The molecule has 2 atom stereocenters. The number of amides is 2. The summed E-state index contributed by atoms with van der Waals surface area (Å²) in [7, 11) is 3.66. The molecule has 1 saturated heterocycles. The Morgan fingerprint density at radius 3 is 2.89 bits per heavy atom. The van der Waals surface area contributed by atoms with Crippen molar-refractivity contribution < 1.29 is 14.3 Å². The van der Waals surface area contributed by atoms with Crippen LogP contribution in [0, 0.1) is 5.92 Å². The number of carbonyl (C=O) groups is 2. The molecule has 1 aromatic carbocycles. The zero-order valence-corrected chi connectivity index (χ0v) is 21.1. The number of carbonyl (C=O) groups excluding carboxylic acids is 2. The van der Waals surface area contributed by atoms with Crippen molar-refractivity contribution in [3.05, 3.63) is 42.4 Å². The van der Waals surface area contributed by atoms with Gasteiger partial charge in [-0.3, -0.25) is 9.59 Å². The van der Waals surface area contributed by atoms with Gasteiger partial charge in [0.05, 0.1) is 42.0 Å². The van der Waals surface area contributed by atoms with Gasteiger partial charge in [0.15, 0.2) is 0 Å². The number of aromatic nitrogens is 3. The molecule has 9 nitrogen and oxygen atoms in total. The second-order valence-corrected chi connectivity index (χ2v) is 9.65. The Balaban J connectivity index is 1.54. The van der Waals surface area contributed by atoms with Gasteiger partial charge in [0, 0.05) is 18.4 Å². The van der Waals surface area contributed by atoms with Crippen LogP contribution in [0.3, 0.4) is 0 Å². The van der Waals surface area contributed by atoms with E-state index < -0.39 is 0 Å². The van der Waals surface area contributed by atoms with E-state index in [0.29, 0.717) is 24.5 Å². The number of pyridine rings is 1. The molecule has 1 fully saturated rings. The van der Waals surface area contributed by atoms with E-state index in [1.807, 2.05) is 30.3 Å². The maximum Gasteiger partial charge on any atom is 0.224 e. The Kier molecular flexibility index (Phi) is 8.53. The van der Waals surface area contributed by atoms with Crippen molar-refractivity contribution in [2.45, 2.75) is 51.0 Å². The van der Waals surface area contributed by atoms with Gasteiger partial charge in [-0.1, -0.05) is 31.0 Å². The SMILES string of the molecule is COc1nc2ccccc2cc1-c1cnc([C@H](CCCCCC(N)=O)NC(=O)C2CCCN(C)C2)[nH]1. The zero-order valence-electron chi connectivity index (χ0n) is 21.1. The van der Waals surface area contributed by atoms with Crippen LogP contribution in [0.4, 0.5) is 0 Å². The quantitative estimate of drug-likeness (QED) is 0.351. The van der Waals surface area contributed by atoms with Gasteiger partial charge in [-0.2, -0.15) is 0 Å². The minimum Gasteiger partial charge on any atom is -0.480 e. The van der Waals surface area contributed by atoms with E-state index in [1.54, 1.807) is 13.3 Å². The minimum atomic E-state index is -0.283. The number of H-pyrrole nitrogens is 1. The first kappa shape index (κ1) is 25.6. The number of para-hydroxylation sites is 1. The number of aromatic amines is 1. The van der Waals surface area contributed by atoms with E-state index in [0.717, 1.165) is 67.4 Å². The molecule has 0 bridgehead atoms. The first-order valence-corrected chi connectivity index (χ1v) is 12.7. The molecule has 36 heavy (non-hydrogen) atoms. The Hall–Kier alpha value is -3.46. The highest BCUT2D eigenvalue weighted by molar-refractivity contribution is 5.85. The number of rotatable bonds is 11. The first-order valence-electron chi connectivity index (χ1n) is 12.7. The molecule has 3 aromatic rings. The summed E-state index contributed by atoms with van der Waals surface area (Å²) in [4.78, 5) is 39.1. The lowest BCUT2D eigenvalue weighted by atomic mass is 9.96. The molecule has 4 N–H and O–H groups in total. The summed E-state index contributed by atoms with van der Waals surface area (Å²) < 4.78 is 5.57. The minimum absolute atomic E-state index is 0.0275. The molecular formula is C27H36N6O3. The lowest BCUT2D eigenvalue weighted by Gasteiger charge is -2.30. The number of hydrogen-bond donors (Lipinski definition) is 3. The largest absolute Gasteiger partial charge is 0.480 e. The van der Waals surface area contributed by atoms with Gasteiger partial charge in [0.2, 0.25) is 17.7 Å². The lowest BCUT2D eigenvalue weighted by molar-refractivity contribution is -0.127. The molecule has 0 aliphatic carbocycles. The molecule has 4 rings (SSSR count). The maximum atomic E-state index is 13.2. The number of unbranched alkanes of at least 4 members (excludes halogenated alkanes) is 2. The highest BCUT2D eigenvalue weighted by Crippen LogP contribution is 2.32. The monoisotopic (exact) mass is 492 g/mol. The number of piperidine rings is 1. The molecule has 1 aliphatic rings. The van der Waals surface area contributed by atoms with Crippen LogP contribution < -0.4 is 15.8 Å². The van der Waals surface area contributed by atoms with E-state index >= 15 is 0 Å². The van der Waals surface area contributed by atoms with Crippen LogP contribution in [0.2, 0.25) is 0 Å². The molecule has 9 heteroatoms. The van der Waals surface area contributed by atoms with E-state index in [2.05, 4.69) is 32.2 Å². The third kappa shape index (κ3) is 6.40. The highest BCUT2D eigenvalue weighted by atomic mass is 16.5. The van der Waals surface area contributed by atoms with Crippen LogP contribution in [0.5, 0.6) is 5.88 Å². The van der Waals surface area contributed by atoms with Crippen molar-refractivity contribution in [2.75, 3.05) is 27.2 Å². The summed E-state index contributed by atoms with van der Waals surface area (Å²) in [6.07, 6.45) is 7.23. The number of nitrogens with zero attached hydrogens (tertiary/aromatic N) is 3. The molecule has 1 unspecified atom stereocenters. The van der Waals surface area contributed by atoms with Crippen LogP contribution in [0.1, 0.15) is 56.8 Å². The van der Waals surface area contributed by atoms with Crippen LogP contribution in [0.25, 0.3) is 22.2 Å². The van der Waals surface area contributed by atoms with Crippen molar-refractivity contribution in [3.8, 4) is 17.1 Å². The summed E-state index contributed by atoms with van der Waals surface area (Å²) in [6.45, 7) is 1.79. The second-order valence-electron chi connectivity index (χ2n) is 9.65. The summed E-state index contributed by atoms with van der Waals surface area (Å²) in [5.41, 5.74) is 7.73. The normalized spacial score (nSPS) is 17.1. The van der Waals surface area contributed by atoms with E-state index in [9.17, 15) is 9.59 Å². The predicted octanol–water partition coefficient (Wildman–Crippen LogP) is 3.57. The number of nitrogens with two attached hydrogens (primary N) is 1. The van der Waals surface area contributed by atoms with Crippen LogP contribution in [0.15, 0.2) is 36.5 Å². The van der Waals surface area contributed by atoms with Crippen molar-refractivity contribution in [1.29, 1.82) is 0 Å². The number of hydrogen-bond acceptors (Lipinski definition) is 6. The average Bonchev–Trinajstić information content (AvgIpc) is 3.36. The Morgan fingerprint density at radius 2 is 2.11 bits per heavy atom. The van der Waals surface area contributed by atoms with Crippen molar-refractivity contribution in [2.24, 2.45) is 11.7 Å². The maximum absolute atomic E-state index is 13.2.